The molecule has 0 saturated carbocycles. The Morgan fingerprint density at radius 1 is 1.35 bits per heavy atom. The molecule has 1 saturated heterocycles. The van der Waals surface area contributed by atoms with Crippen molar-refractivity contribution < 1.29 is 18.3 Å². The van der Waals surface area contributed by atoms with Gasteiger partial charge in [0.15, 0.2) is 0 Å². The van der Waals surface area contributed by atoms with Gasteiger partial charge in [-0.3, -0.25) is 4.31 Å². The summed E-state index contributed by atoms with van der Waals surface area (Å²) in [5, 5.41) is 9.21. The van der Waals surface area contributed by atoms with Crippen molar-refractivity contribution in [1.82, 2.24) is 0 Å². The molecule has 6 heteroatoms. The first kappa shape index (κ1) is 15.1. The van der Waals surface area contributed by atoms with Crippen molar-refractivity contribution in [2.24, 2.45) is 0 Å². The van der Waals surface area contributed by atoms with Gasteiger partial charge in [0.1, 0.15) is 5.75 Å². The van der Waals surface area contributed by atoms with Crippen LogP contribution in [0, 0.1) is 6.92 Å². The minimum Gasteiger partial charge on any atom is -0.508 e. The lowest BCUT2D eigenvalue weighted by Crippen LogP contribution is -2.41. The lowest BCUT2D eigenvalue weighted by Gasteiger charge is -2.31. The number of hydrogen-bond acceptors (Lipinski definition) is 4. The molecule has 0 aliphatic carbocycles. The second-order valence-electron chi connectivity index (χ2n) is 4.99. The first-order chi connectivity index (χ1) is 9.46. The quantitative estimate of drug-likeness (QED) is 0.924. The van der Waals surface area contributed by atoms with Gasteiger partial charge in [0.2, 0.25) is 10.0 Å². The number of anilines is 1. The van der Waals surface area contributed by atoms with Crippen LogP contribution in [0.5, 0.6) is 5.75 Å². The Labute approximate surface area is 120 Å². The van der Waals surface area contributed by atoms with E-state index in [1.165, 1.54) is 10.4 Å². The van der Waals surface area contributed by atoms with Crippen LogP contribution >= 0.6 is 0 Å². The Balaban J connectivity index is 2.37. The Morgan fingerprint density at radius 3 is 2.60 bits per heavy atom. The smallest absolute Gasteiger partial charge is 0.238 e. The summed E-state index contributed by atoms with van der Waals surface area (Å²) in [5.74, 6) is 0.0752. The van der Waals surface area contributed by atoms with Gasteiger partial charge in [-0.25, -0.2) is 8.42 Å². The maximum Gasteiger partial charge on any atom is 0.238 e. The molecule has 112 valence electrons. The summed E-state index contributed by atoms with van der Waals surface area (Å²) in [6, 6.07) is 4.80. The van der Waals surface area contributed by atoms with E-state index in [9.17, 15) is 13.5 Å². The Morgan fingerprint density at radius 2 is 2.00 bits per heavy atom. The largest absolute Gasteiger partial charge is 0.508 e. The van der Waals surface area contributed by atoms with Crippen molar-refractivity contribution in [3.63, 3.8) is 0 Å². The van der Waals surface area contributed by atoms with Gasteiger partial charge in [-0.1, -0.05) is 6.07 Å². The molecule has 20 heavy (non-hydrogen) atoms. The molecule has 0 atom stereocenters. The highest BCUT2D eigenvalue weighted by Crippen LogP contribution is 2.30. The van der Waals surface area contributed by atoms with E-state index in [1.807, 2.05) is 6.92 Å². The molecule has 1 fully saturated rings. The van der Waals surface area contributed by atoms with Crippen molar-refractivity contribution in [3.05, 3.63) is 23.8 Å². The topological polar surface area (TPSA) is 66.8 Å². The molecule has 0 radical (unpaired) electrons. The third kappa shape index (κ3) is 2.91. The summed E-state index contributed by atoms with van der Waals surface area (Å²) in [5.41, 5.74) is 1.39. The fraction of sp³-hybridized carbons (Fsp3) is 0.571. The number of phenols is 1. The predicted octanol–water partition coefficient (Wildman–Crippen LogP) is 2.04. The van der Waals surface area contributed by atoms with E-state index in [1.54, 1.807) is 19.1 Å². The predicted molar refractivity (Wildman–Crippen MR) is 78.6 cm³/mol. The maximum absolute atomic E-state index is 12.8. The third-order valence-electron chi connectivity index (χ3n) is 3.65. The first-order valence-electron chi connectivity index (χ1n) is 6.85. The maximum atomic E-state index is 12.8. The molecular weight excluding hydrogens is 278 g/mol. The molecule has 0 unspecified atom stereocenters. The number of nitrogens with zero attached hydrogens (tertiary/aromatic N) is 1. The van der Waals surface area contributed by atoms with Crippen molar-refractivity contribution in [2.45, 2.75) is 31.9 Å². The van der Waals surface area contributed by atoms with Crippen LogP contribution in [0.25, 0.3) is 0 Å². The van der Waals surface area contributed by atoms with Crippen LogP contribution in [-0.2, 0) is 14.8 Å². The molecule has 1 aromatic rings. The van der Waals surface area contributed by atoms with Crippen LogP contribution < -0.4 is 4.31 Å². The number of phenolic OH excluding ortho intramolecular Hbond substituents is 1. The van der Waals surface area contributed by atoms with E-state index in [2.05, 4.69) is 0 Å². The lowest BCUT2D eigenvalue weighted by molar-refractivity contribution is 0.0983. The van der Waals surface area contributed by atoms with Crippen LogP contribution in [0.15, 0.2) is 18.2 Å². The molecule has 1 aromatic carbocycles. The van der Waals surface area contributed by atoms with Gasteiger partial charge in [0, 0.05) is 25.8 Å². The molecule has 0 aromatic heterocycles. The highest BCUT2D eigenvalue weighted by molar-refractivity contribution is 7.93. The van der Waals surface area contributed by atoms with Gasteiger partial charge in [0.25, 0.3) is 0 Å². The van der Waals surface area contributed by atoms with Gasteiger partial charge in [0.05, 0.1) is 10.9 Å². The number of hydrogen-bond donors (Lipinski definition) is 1. The Kier molecular flexibility index (Phi) is 4.55. The number of benzene rings is 1. The van der Waals surface area contributed by atoms with Crippen molar-refractivity contribution in [2.75, 3.05) is 24.1 Å². The molecule has 5 nitrogen and oxygen atoms in total. The fourth-order valence-electron chi connectivity index (χ4n) is 2.51. The van der Waals surface area contributed by atoms with E-state index in [0.29, 0.717) is 38.3 Å². The average Bonchev–Trinajstić information content (AvgIpc) is 2.44. The molecule has 1 N–H and O–H groups in total. The van der Waals surface area contributed by atoms with E-state index in [4.69, 9.17) is 4.74 Å². The van der Waals surface area contributed by atoms with Crippen LogP contribution in [0.2, 0.25) is 0 Å². The van der Waals surface area contributed by atoms with E-state index >= 15 is 0 Å². The van der Waals surface area contributed by atoms with Crippen LogP contribution in [0.3, 0.4) is 0 Å². The monoisotopic (exact) mass is 299 g/mol. The molecule has 2 rings (SSSR count). The zero-order valence-electron chi connectivity index (χ0n) is 11.9. The minimum atomic E-state index is -3.42. The Bertz CT molecular complexity index is 565. The van der Waals surface area contributed by atoms with E-state index in [-0.39, 0.29) is 5.75 Å². The van der Waals surface area contributed by atoms with E-state index in [0.717, 1.165) is 5.56 Å². The normalized spacial score (nSPS) is 17.1. The zero-order valence-corrected chi connectivity index (χ0v) is 12.7. The summed E-state index contributed by atoms with van der Waals surface area (Å²) in [6.45, 7) is 4.97. The minimum absolute atomic E-state index is 0.0752. The summed E-state index contributed by atoms with van der Waals surface area (Å²) >= 11 is 0. The Hall–Kier alpha value is -1.27. The molecule has 0 amide bonds. The SMILES string of the molecule is CCN(c1cc(O)ccc1C)S(=O)(=O)C1CCOCC1. The summed E-state index contributed by atoms with van der Waals surface area (Å²) < 4.78 is 32.2. The second-order valence-corrected chi connectivity index (χ2v) is 7.13. The molecule has 0 bridgehead atoms. The second kappa shape index (κ2) is 6.01. The highest BCUT2D eigenvalue weighted by Gasteiger charge is 2.33. The number of ether oxygens (including phenoxy) is 1. The molecular formula is C14H21NO4S. The number of aryl methyl sites for hydroxylation is 1. The van der Waals surface area contributed by atoms with Crippen LogP contribution in [0.1, 0.15) is 25.3 Å². The molecule has 1 aliphatic rings. The van der Waals surface area contributed by atoms with Gasteiger partial charge in [-0.2, -0.15) is 0 Å². The van der Waals surface area contributed by atoms with Gasteiger partial charge >= 0.3 is 0 Å². The van der Waals surface area contributed by atoms with E-state index < -0.39 is 15.3 Å². The number of sulfonamides is 1. The molecule has 1 heterocycles. The van der Waals surface area contributed by atoms with Crippen molar-refractivity contribution in [1.29, 1.82) is 0 Å². The molecule has 1 aliphatic heterocycles. The fourth-order valence-corrected chi connectivity index (χ4v) is 4.49. The van der Waals surface area contributed by atoms with Gasteiger partial charge in [-0.15, -0.1) is 0 Å². The first-order valence-corrected chi connectivity index (χ1v) is 8.36. The van der Waals surface area contributed by atoms with Crippen molar-refractivity contribution >= 4 is 15.7 Å². The van der Waals surface area contributed by atoms with Crippen LogP contribution in [0.4, 0.5) is 5.69 Å². The highest BCUT2D eigenvalue weighted by atomic mass is 32.2. The molecule has 0 spiro atoms. The summed E-state index contributed by atoms with van der Waals surface area (Å²) in [4.78, 5) is 0. The zero-order chi connectivity index (χ0) is 14.8. The summed E-state index contributed by atoms with van der Waals surface area (Å²) in [6.07, 6.45) is 1.05. The number of aromatic hydroxyl groups is 1. The number of rotatable bonds is 4. The van der Waals surface area contributed by atoms with Gasteiger partial charge < -0.3 is 9.84 Å². The summed E-state index contributed by atoms with van der Waals surface area (Å²) in [7, 11) is -3.42. The van der Waals surface area contributed by atoms with Gasteiger partial charge in [-0.05, 0) is 38.3 Å². The average molecular weight is 299 g/mol. The lowest BCUT2D eigenvalue weighted by atomic mass is 10.2. The van der Waals surface area contributed by atoms with Crippen LogP contribution in [-0.4, -0.2) is 38.5 Å². The standard InChI is InChI=1S/C14H21NO4S/c1-3-15(14-10-12(16)5-4-11(14)2)20(17,18)13-6-8-19-9-7-13/h4-5,10,13,16H,3,6-9H2,1-2H3. The third-order valence-corrected chi connectivity index (χ3v) is 6.03. The van der Waals surface area contributed by atoms with Crippen molar-refractivity contribution in [3.8, 4) is 5.75 Å².